The predicted molar refractivity (Wildman–Crippen MR) is 132 cm³/mol. The number of hydrogen-bond acceptors (Lipinski definition) is 5. The topological polar surface area (TPSA) is 49.3 Å². The van der Waals surface area contributed by atoms with E-state index in [4.69, 9.17) is 9.97 Å². The van der Waals surface area contributed by atoms with Gasteiger partial charge >= 0.3 is 6.18 Å². The first-order valence-electron chi connectivity index (χ1n) is 12.2. The molecule has 1 aromatic carbocycles. The van der Waals surface area contributed by atoms with Crippen LogP contribution in [0.3, 0.4) is 0 Å². The number of amides is 1. The lowest BCUT2D eigenvalue weighted by molar-refractivity contribution is -0.137. The quantitative estimate of drug-likeness (QED) is 0.446. The summed E-state index contributed by atoms with van der Waals surface area (Å²) in [6.07, 6.45) is -1.12. The van der Waals surface area contributed by atoms with Gasteiger partial charge in [-0.25, -0.2) is 9.97 Å². The predicted octanol–water partition coefficient (Wildman–Crippen LogP) is 5.92. The van der Waals surface area contributed by atoms with Crippen LogP contribution in [0.4, 0.5) is 19.0 Å². The zero-order chi connectivity index (χ0) is 24.9. The number of halogens is 3. The van der Waals surface area contributed by atoms with Crippen LogP contribution >= 0.6 is 11.3 Å². The lowest BCUT2D eigenvalue weighted by Gasteiger charge is -2.36. The fourth-order valence-electron chi connectivity index (χ4n) is 4.93. The zero-order valence-electron chi connectivity index (χ0n) is 20.2. The number of anilines is 1. The van der Waals surface area contributed by atoms with Crippen molar-refractivity contribution in [1.29, 1.82) is 0 Å². The summed E-state index contributed by atoms with van der Waals surface area (Å²) in [4.78, 5) is 29.3. The molecule has 1 fully saturated rings. The van der Waals surface area contributed by atoms with Crippen molar-refractivity contribution < 1.29 is 18.0 Å². The van der Waals surface area contributed by atoms with Crippen LogP contribution in [0, 0.1) is 5.92 Å². The number of aryl methyl sites for hydroxylation is 1. The Labute approximate surface area is 207 Å². The van der Waals surface area contributed by atoms with Gasteiger partial charge in [0.1, 0.15) is 16.5 Å². The molecule has 1 saturated heterocycles. The van der Waals surface area contributed by atoms with Crippen LogP contribution in [0.25, 0.3) is 10.2 Å². The van der Waals surface area contributed by atoms with E-state index >= 15 is 0 Å². The Morgan fingerprint density at radius 2 is 1.77 bits per heavy atom. The van der Waals surface area contributed by atoms with E-state index in [1.165, 1.54) is 34.4 Å². The minimum atomic E-state index is -4.41. The van der Waals surface area contributed by atoms with Crippen LogP contribution in [0.15, 0.2) is 24.3 Å². The van der Waals surface area contributed by atoms with Crippen molar-refractivity contribution in [3.8, 4) is 0 Å². The van der Waals surface area contributed by atoms with Crippen LogP contribution in [0.5, 0.6) is 0 Å². The number of alkyl halides is 3. The first-order chi connectivity index (χ1) is 16.6. The summed E-state index contributed by atoms with van der Waals surface area (Å²) in [6.45, 7) is 8.72. The maximum absolute atomic E-state index is 12.9. The molecule has 5 nitrogen and oxygen atoms in total. The number of piperazine rings is 1. The molecule has 5 rings (SSSR count). The second-order valence-corrected chi connectivity index (χ2v) is 11.0. The van der Waals surface area contributed by atoms with Gasteiger partial charge in [0.2, 0.25) is 0 Å². The highest BCUT2D eigenvalue weighted by molar-refractivity contribution is 7.19. The number of fused-ring (bicyclic) bond motifs is 3. The molecule has 0 radical (unpaired) electrons. The molecule has 0 N–H and O–H groups in total. The second-order valence-electron chi connectivity index (χ2n) is 9.95. The van der Waals surface area contributed by atoms with Crippen molar-refractivity contribution in [3.63, 3.8) is 0 Å². The van der Waals surface area contributed by atoms with Gasteiger partial charge in [0.15, 0.2) is 0 Å². The molecular weight excluding hydrogens is 473 g/mol. The lowest BCUT2D eigenvalue weighted by Crippen LogP contribution is -2.49. The SMILES string of the molecule is CC(C)c1nc(N2CCN(C(=O)c3ccc(C(F)(F)F)cc3)CC2)c2c3c(sc2n1)C[C@H](C)CC3. The number of nitrogens with zero attached hydrogens (tertiary/aromatic N) is 4. The number of carbonyl (C=O) groups excluding carboxylic acids is 1. The number of aromatic nitrogens is 2. The third-order valence-corrected chi connectivity index (χ3v) is 8.14. The van der Waals surface area contributed by atoms with Crippen LogP contribution in [-0.4, -0.2) is 47.0 Å². The average Bonchev–Trinajstić information content (AvgIpc) is 3.20. The minimum absolute atomic E-state index is 0.207. The summed E-state index contributed by atoms with van der Waals surface area (Å²) in [6, 6.07) is 4.46. The highest BCUT2D eigenvalue weighted by Crippen LogP contribution is 2.41. The molecule has 9 heteroatoms. The molecule has 1 amide bonds. The van der Waals surface area contributed by atoms with Gasteiger partial charge in [-0.1, -0.05) is 20.8 Å². The molecule has 1 atom stereocenters. The van der Waals surface area contributed by atoms with Crippen LogP contribution < -0.4 is 4.90 Å². The van der Waals surface area contributed by atoms with Crippen LogP contribution in [0.2, 0.25) is 0 Å². The van der Waals surface area contributed by atoms with Gasteiger partial charge in [-0.2, -0.15) is 13.2 Å². The summed E-state index contributed by atoms with van der Waals surface area (Å²) in [7, 11) is 0. The van der Waals surface area contributed by atoms with Crippen LogP contribution in [0.1, 0.15) is 65.3 Å². The molecule has 3 aromatic rings. The fraction of sp³-hybridized carbons (Fsp3) is 0.500. The molecule has 0 bridgehead atoms. The van der Waals surface area contributed by atoms with E-state index < -0.39 is 11.7 Å². The third-order valence-electron chi connectivity index (χ3n) is 7.00. The summed E-state index contributed by atoms with van der Waals surface area (Å²) in [5.74, 6) is 2.45. The van der Waals surface area contributed by atoms with E-state index in [-0.39, 0.29) is 17.4 Å². The summed E-state index contributed by atoms with van der Waals surface area (Å²) < 4.78 is 38.6. The first kappa shape index (κ1) is 24.0. The molecule has 0 unspecified atom stereocenters. The van der Waals surface area contributed by atoms with Crippen molar-refractivity contribution in [2.24, 2.45) is 5.92 Å². The van der Waals surface area contributed by atoms with Gasteiger partial charge in [0.25, 0.3) is 5.91 Å². The van der Waals surface area contributed by atoms with E-state index in [9.17, 15) is 18.0 Å². The molecule has 186 valence electrons. The van der Waals surface area contributed by atoms with Crippen molar-refractivity contribution in [1.82, 2.24) is 14.9 Å². The number of carbonyl (C=O) groups is 1. The van der Waals surface area contributed by atoms with E-state index in [0.29, 0.717) is 32.1 Å². The Hall–Kier alpha value is -2.68. The molecule has 0 spiro atoms. The smallest absolute Gasteiger partial charge is 0.352 e. The molecule has 1 aliphatic heterocycles. The van der Waals surface area contributed by atoms with Gasteiger partial charge in [0, 0.05) is 42.5 Å². The van der Waals surface area contributed by atoms with E-state index in [1.807, 2.05) is 0 Å². The second kappa shape index (κ2) is 9.08. The minimum Gasteiger partial charge on any atom is -0.352 e. The van der Waals surface area contributed by atoms with Gasteiger partial charge < -0.3 is 9.80 Å². The number of hydrogen-bond donors (Lipinski definition) is 0. The normalized spacial score (nSPS) is 18.9. The molecule has 35 heavy (non-hydrogen) atoms. The standard InChI is InChI=1S/C26H29F3N4OS/c1-15(2)22-30-23(21-19-9-4-16(3)14-20(19)35-24(21)31-22)32-10-12-33(13-11-32)25(34)17-5-7-18(8-6-17)26(27,28)29/h5-8,15-16H,4,9-14H2,1-3H3/t16-/m1/s1. The van der Waals surface area contributed by atoms with Gasteiger partial charge in [0.05, 0.1) is 10.9 Å². The molecule has 3 heterocycles. The maximum Gasteiger partial charge on any atom is 0.416 e. The number of benzene rings is 1. The Morgan fingerprint density at radius 1 is 1.09 bits per heavy atom. The average molecular weight is 503 g/mol. The molecule has 1 aliphatic carbocycles. The summed E-state index contributed by atoms with van der Waals surface area (Å²) in [5.41, 5.74) is 0.914. The Balaban J connectivity index is 1.38. The van der Waals surface area contributed by atoms with Crippen molar-refractivity contribution in [2.45, 2.75) is 52.1 Å². The lowest BCUT2D eigenvalue weighted by atomic mass is 9.89. The molecule has 0 saturated carbocycles. The maximum atomic E-state index is 12.9. The zero-order valence-corrected chi connectivity index (χ0v) is 21.0. The van der Waals surface area contributed by atoms with Crippen molar-refractivity contribution >= 4 is 33.3 Å². The van der Waals surface area contributed by atoms with Gasteiger partial charge in [-0.05, 0) is 55.0 Å². The Kier molecular flexibility index (Phi) is 6.23. The summed E-state index contributed by atoms with van der Waals surface area (Å²) >= 11 is 1.80. The highest BCUT2D eigenvalue weighted by atomic mass is 32.1. The van der Waals surface area contributed by atoms with E-state index in [0.717, 1.165) is 41.4 Å². The van der Waals surface area contributed by atoms with E-state index in [2.05, 4.69) is 25.7 Å². The van der Waals surface area contributed by atoms with Gasteiger partial charge in [-0.15, -0.1) is 11.3 Å². The van der Waals surface area contributed by atoms with Gasteiger partial charge in [-0.3, -0.25) is 4.79 Å². The number of rotatable bonds is 3. The summed E-state index contributed by atoms with van der Waals surface area (Å²) in [5, 5.41) is 1.17. The first-order valence-corrected chi connectivity index (χ1v) is 13.0. The van der Waals surface area contributed by atoms with Crippen molar-refractivity contribution in [2.75, 3.05) is 31.1 Å². The fourth-order valence-corrected chi connectivity index (χ4v) is 6.32. The largest absolute Gasteiger partial charge is 0.416 e. The third kappa shape index (κ3) is 4.62. The Morgan fingerprint density at radius 3 is 2.40 bits per heavy atom. The molecular formula is C26H29F3N4OS. The monoisotopic (exact) mass is 502 g/mol. The van der Waals surface area contributed by atoms with Crippen LogP contribution in [-0.2, 0) is 19.0 Å². The molecule has 2 aromatic heterocycles. The molecule has 2 aliphatic rings. The number of thiophene rings is 1. The highest BCUT2D eigenvalue weighted by Gasteiger charge is 2.32. The van der Waals surface area contributed by atoms with E-state index in [1.54, 1.807) is 16.2 Å². The Bertz CT molecular complexity index is 1240. The van der Waals surface area contributed by atoms with Crippen molar-refractivity contribution in [3.05, 3.63) is 51.7 Å².